The molecule has 0 atom stereocenters. The van der Waals surface area contributed by atoms with E-state index < -0.39 is 0 Å². The van der Waals surface area contributed by atoms with Crippen molar-refractivity contribution < 1.29 is 9.53 Å². The largest absolute Gasteiger partial charge is 0.378 e. The Morgan fingerprint density at radius 2 is 1.88 bits per heavy atom. The zero-order valence-electron chi connectivity index (χ0n) is 13.6. The van der Waals surface area contributed by atoms with Crippen molar-refractivity contribution in [1.82, 2.24) is 0 Å². The molecule has 1 amide bonds. The van der Waals surface area contributed by atoms with Crippen LogP contribution in [0.25, 0.3) is 5.57 Å². The van der Waals surface area contributed by atoms with Gasteiger partial charge in [0.25, 0.3) is 5.91 Å². The number of carbonyl (C=O) groups excluding carboxylic acids is 1. The number of hydrogen-bond donors (Lipinski definition) is 2. The molecule has 0 unspecified atom stereocenters. The lowest BCUT2D eigenvalue weighted by molar-refractivity contribution is -0.110. The lowest BCUT2D eigenvalue weighted by Gasteiger charge is -2.28. The summed E-state index contributed by atoms with van der Waals surface area (Å²) in [4.78, 5) is 14.5. The summed E-state index contributed by atoms with van der Waals surface area (Å²) in [5.74, 6) is -0.0921. The van der Waals surface area contributed by atoms with Crippen molar-refractivity contribution in [2.24, 2.45) is 0 Å². The minimum absolute atomic E-state index is 0.0921. The molecule has 2 aromatic carbocycles. The Kier molecular flexibility index (Phi) is 4.46. The average Bonchev–Trinajstić information content (AvgIpc) is 2.95. The molecule has 25 heavy (non-hydrogen) atoms. The van der Waals surface area contributed by atoms with Crippen LogP contribution in [0.15, 0.2) is 53.1 Å². The van der Waals surface area contributed by atoms with E-state index in [1.807, 2.05) is 30.3 Å². The lowest BCUT2D eigenvalue weighted by Crippen LogP contribution is -2.36. The summed E-state index contributed by atoms with van der Waals surface area (Å²) in [5, 5.41) is 6.11. The number of halogens is 1. The summed E-state index contributed by atoms with van der Waals surface area (Å²) in [6.45, 7) is 3.39. The zero-order valence-corrected chi connectivity index (χ0v) is 15.2. The van der Waals surface area contributed by atoms with Crippen molar-refractivity contribution in [3.63, 3.8) is 0 Å². The third-order valence-corrected chi connectivity index (χ3v) is 4.88. The van der Waals surface area contributed by atoms with Crippen LogP contribution in [0, 0.1) is 0 Å². The number of amides is 1. The van der Waals surface area contributed by atoms with Gasteiger partial charge in [-0.3, -0.25) is 4.79 Å². The van der Waals surface area contributed by atoms with Gasteiger partial charge in [0.15, 0.2) is 0 Å². The zero-order chi connectivity index (χ0) is 17.2. The number of morpholine rings is 1. The Bertz CT molecular complexity index is 827. The fourth-order valence-electron chi connectivity index (χ4n) is 3.06. The molecule has 0 bridgehead atoms. The summed E-state index contributed by atoms with van der Waals surface area (Å²) >= 11 is 3.42. The van der Waals surface area contributed by atoms with Gasteiger partial charge in [0.05, 0.1) is 24.5 Å². The van der Waals surface area contributed by atoms with Crippen LogP contribution in [0.2, 0.25) is 0 Å². The number of fused-ring (bicyclic) bond motifs is 1. The summed E-state index contributed by atoms with van der Waals surface area (Å²) < 4.78 is 6.33. The quantitative estimate of drug-likeness (QED) is 0.772. The second kappa shape index (κ2) is 6.90. The van der Waals surface area contributed by atoms with Gasteiger partial charge in [-0.05, 0) is 36.4 Å². The highest BCUT2D eigenvalue weighted by Gasteiger charge is 2.24. The van der Waals surface area contributed by atoms with E-state index in [4.69, 9.17) is 4.74 Å². The second-order valence-corrected chi connectivity index (χ2v) is 6.91. The Morgan fingerprint density at radius 3 is 2.64 bits per heavy atom. The van der Waals surface area contributed by atoms with Crippen molar-refractivity contribution in [2.75, 3.05) is 41.8 Å². The predicted octanol–water partition coefficient (Wildman–Crippen LogP) is 3.69. The molecule has 0 saturated carbocycles. The maximum absolute atomic E-state index is 12.2. The Morgan fingerprint density at radius 1 is 1.12 bits per heavy atom. The minimum atomic E-state index is -0.0921. The smallest absolute Gasteiger partial charge is 0.257 e. The van der Waals surface area contributed by atoms with Crippen molar-refractivity contribution in [1.29, 1.82) is 0 Å². The molecule has 2 aliphatic rings. The van der Waals surface area contributed by atoms with Crippen molar-refractivity contribution in [3.05, 3.63) is 58.7 Å². The van der Waals surface area contributed by atoms with Crippen LogP contribution < -0.4 is 15.5 Å². The molecule has 4 rings (SSSR count). The third kappa shape index (κ3) is 3.41. The van der Waals surface area contributed by atoms with Gasteiger partial charge in [-0.15, -0.1) is 0 Å². The second-order valence-electron chi connectivity index (χ2n) is 5.99. The van der Waals surface area contributed by atoms with Gasteiger partial charge < -0.3 is 20.3 Å². The van der Waals surface area contributed by atoms with Crippen molar-refractivity contribution in [2.45, 2.75) is 0 Å². The molecule has 2 aliphatic heterocycles. The highest BCUT2D eigenvalue weighted by atomic mass is 79.9. The molecular weight excluding hydrogens is 382 g/mol. The number of benzene rings is 2. The molecule has 0 aliphatic carbocycles. The van der Waals surface area contributed by atoms with Gasteiger partial charge in [0.1, 0.15) is 0 Å². The van der Waals surface area contributed by atoms with Crippen molar-refractivity contribution >= 4 is 44.5 Å². The first-order valence-corrected chi connectivity index (χ1v) is 9.01. The van der Waals surface area contributed by atoms with Crippen LogP contribution in [0.4, 0.5) is 17.1 Å². The van der Waals surface area contributed by atoms with E-state index in [9.17, 15) is 4.79 Å². The molecule has 6 heteroatoms. The summed E-state index contributed by atoms with van der Waals surface area (Å²) in [6, 6.07) is 14.0. The first kappa shape index (κ1) is 16.2. The molecule has 5 nitrogen and oxygen atoms in total. The standard InChI is InChI=1S/C19H18BrN3O2/c20-13-1-6-16-17(19(24)22-18(16)11-13)12-21-14-2-4-15(5-3-14)23-7-9-25-10-8-23/h1-6,11-12,21H,7-10H2,(H,22,24)/b17-12+. The van der Waals surface area contributed by atoms with E-state index in [1.54, 1.807) is 6.20 Å². The van der Waals surface area contributed by atoms with E-state index in [0.29, 0.717) is 5.57 Å². The Hall–Kier alpha value is -2.31. The van der Waals surface area contributed by atoms with Gasteiger partial charge in [-0.1, -0.05) is 22.0 Å². The lowest BCUT2D eigenvalue weighted by atomic mass is 10.1. The fourth-order valence-corrected chi connectivity index (χ4v) is 3.42. The van der Waals surface area contributed by atoms with E-state index >= 15 is 0 Å². The van der Waals surface area contributed by atoms with E-state index in [2.05, 4.69) is 43.6 Å². The predicted molar refractivity (Wildman–Crippen MR) is 104 cm³/mol. The van der Waals surface area contributed by atoms with Crippen LogP contribution in [-0.2, 0) is 9.53 Å². The summed E-state index contributed by atoms with van der Waals surface area (Å²) in [5.41, 5.74) is 4.51. The minimum Gasteiger partial charge on any atom is -0.378 e. The Labute approximate surface area is 154 Å². The topological polar surface area (TPSA) is 53.6 Å². The molecule has 0 spiro atoms. The Balaban J connectivity index is 1.49. The van der Waals surface area contributed by atoms with E-state index in [1.165, 1.54) is 5.69 Å². The molecule has 2 N–H and O–H groups in total. The van der Waals surface area contributed by atoms with Crippen LogP contribution in [0.5, 0.6) is 0 Å². The van der Waals surface area contributed by atoms with Gasteiger partial charge in [-0.25, -0.2) is 0 Å². The number of rotatable bonds is 3. The van der Waals surface area contributed by atoms with E-state index in [0.717, 1.165) is 47.7 Å². The van der Waals surface area contributed by atoms with Crippen molar-refractivity contribution in [3.8, 4) is 0 Å². The summed E-state index contributed by atoms with van der Waals surface area (Å²) in [7, 11) is 0. The normalized spacial score (nSPS) is 18.2. The SMILES string of the molecule is O=C1Nc2cc(Br)ccc2/C1=C\Nc1ccc(N2CCOCC2)cc1. The number of carbonyl (C=O) groups is 1. The first-order chi connectivity index (χ1) is 12.2. The molecule has 1 saturated heterocycles. The first-order valence-electron chi connectivity index (χ1n) is 8.21. The van der Waals surface area contributed by atoms with Gasteiger partial charge in [0.2, 0.25) is 0 Å². The van der Waals surface area contributed by atoms with Crippen LogP contribution in [-0.4, -0.2) is 32.2 Å². The van der Waals surface area contributed by atoms with Gasteiger partial charge in [-0.2, -0.15) is 0 Å². The fraction of sp³-hybridized carbons (Fsp3) is 0.211. The van der Waals surface area contributed by atoms with Crippen LogP contribution in [0.1, 0.15) is 5.56 Å². The molecular formula is C19H18BrN3O2. The molecule has 0 radical (unpaired) electrons. The van der Waals surface area contributed by atoms with E-state index in [-0.39, 0.29) is 5.91 Å². The highest BCUT2D eigenvalue weighted by Crippen LogP contribution is 2.33. The highest BCUT2D eigenvalue weighted by molar-refractivity contribution is 9.10. The van der Waals surface area contributed by atoms with Gasteiger partial charge in [0, 0.05) is 40.7 Å². The molecule has 2 aromatic rings. The number of hydrogen-bond acceptors (Lipinski definition) is 4. The molecule has 1 fully saturated rings. The van der Waals surface area contributed by atoms with Gasteiger partial charge >= 0.3 is 0 Å². The average molecular weight is 400 g/mol. The maximum atomic E-state index is 12.2. The monoisotopic (exact) mass is 399 g/mol. The van der Waals surface area contributed by atoms with Crippen LogP contribution in [0.3, 0.4) is 0 Å². The number of nitrogens with one attached hydrogen (secondary N) is 2. The van der Waals surface area contributed by atoms with Crippen LogP contribution >= 0.6 is 15.9 Å². The number of ether oxygens (including phenoxy) is 1. The maximum Gasteiger partial charge on any atom is 0.257 e. The molecule has 128 valence electrons. The third-order valence-electron chi connectivity index (χ3n) is 4.39. The summed E-state index contributed by atoms with van der Waals surface area (Å²) in [6.07, 6.45) is 1.76. The molecule has 2 heterocycles. The number of nitrogens with zero attached hydrogens (tertiary/aromatic N) is 1. The molecule has 0 aromatic heterocycles. The number of anilines is 3.